The fourth-order valence-corrected chi connectivity index (χ4v) is 2.81. The van der Waals surface area contributed by atoms with Gasteiger partial charge in [-0.2, -0.15) is 0 Å². The summed E-state index contributed by atoms with van der Waals surface area (Å²) in [6, 6.07) is 10.3. The molecule has 1 aliphatic carbocycles. The van der Waals surface area contributed by atoms with Crippen molar-refractivity contribution in [2.45, 2.75) is 31.8 Å². The smallest absolute Gasteiger partial charge is 0.339 e. The van der Waals surface area contributed by atoms with Crippen molar-refractivity contribution in [3.8, 4) is 5.75 Å². The molecule has 6 heteroatoms. The normalized spacial score (nSPS) is 14.1. The lowest BCUT2D eigenvalue weighted by molar-refractivity contribution is 0.0600. The van der Waals surface area contributed by atoms with Crippen LogP contribution in [0.1, 0.15) is 46.5 Å². The Morgan fingerprint density at radius 3 is 2.64 bits per heavy atom. The zero-order chi connectivity index (χ0) is 17.6. The molecule has 1 fully saturated rings. The lowest BCUT2D eigenvalue weighted by Gasteiger charge is -2.14. The lowest BCUT2D eigenvalue weighted by Crippen LogP contribution is -2.15. The van der Waals surface area contributed by atoms with Gasteiger partial charge in [-0.25, -0.2) is 4.79 Å². The van der Waals surface area contributed by atoms with Crippen LogP contribution in [-0.4, -0.2) is 30.1 Å². The van der Waals surface area contributed by atoms with Gasteiger partial charge < -0.3 is 14.8 Å². The maximum Gasteiger partial charge on any atom is 0.339 e. The van der Waals surface area contributed by atoms with E-state index >= 15 is 0 Å². The van der Waals surface area contributed by atoms with E-state index in [-0.39, 0.29) is 17.7 Å². The van der Waals surface area contributed by atoms with E-state index < -0.39 is 5.97 Å². The van der Waals surface area contributed by atoms with Gasteiger partial charge in [0.15, 0.2) is 0 Å². The molecule has 1 heterocycles. The monoisotopic (exact) mass is 340 g/mol. The largest absolute Gasteiger partial charge is 0.490 e. The van der Waals surface area contributed by atoms with Crippen LogP contribution in [0.25, 0.3) is 0 Å². The lowest BCUT2D eigenvalue weighted by atomic mass is 10.2. The number of hydrogen-bond donors (Lipinski definition) is 1. The Balaban J connectivity index is 1.65. The van der Waals surface area contributed by atoms with Gasteiger partial charge in [0.1, 0.15) is 11.4 Å². The van der Waals surface area contributed by atoms with Gasteiger partial charge >= 0.3 is 5.97 Å². The zero-order valence-corrected chi connectivity index (χ0v) is 14.0. The topological polar surface area (TPSA) is 77.5 Å². The Bertz CT molecular complexity index is 752. The van der Waals surface area contributed by atoms with Crippen LogP contribution in [0.4, 0.5) is 5.69 Å². The zero-order valence-electron chi connectivity index (χ0n) is 14.0. The highest BCUT2D eigenvalue weighted by molar-refractivity contribution is 6.03. The number of esters is 1. The second-order valence-corrected chi connectivity index (χ2v) is 5.93. The van der Waals surface area contributed by atoms with Gasteiger partial charge in [0.05, 0.1) is 18.8 Å². The molecule has 25 heavy (non-hydrogen) atoms. The van der Waals surface area contributed by atoms with Crippen molar-refractivity contribution in [2.75, 3.05) is 12.4 Å². The van der Waals surface area contributed by atoms with Gasteiger partial charge in [0.25, 0.3) is 5.91 Å². The van der Waals surface area contributed by atoms with Crippen molar-refractivity contribution < 1.29 is 19.1 Å². The standard InChI is InChI=1S/C19H20N2O4/c1-24-19(23)13-9-10-17(20-12-13)18(22)21-14-5-4-8-16(11-14)25-15-6-2-3-7-15/h4-5,8-12,15H,2-3,6-7H2,1H3,(H,21,22). The number of methoxy groups -OCH3 is 1. The number of carbonyl (C=O) groups is 2. The number of pyridine rings is 1. The molecular weight excluding hydrogens is 320 g/mol. The molecule has 0 saturated heterocycles. The van der Waals surface area contributed by atoms with Crippen LogP contribution >= 0.6 is 0 Å². The van der Waals surface area contributed by atoms with Crippen LogP contribution in [0.15, 0.2) is 42.6 Å². The van der Waals surface area contributed by atoms with Crippen molar-refractivity contribution in [3.05, 3.63) is 53.9 Å². The number of ether oxygens (including phenoxy) is 2. The predicted molar refractivity (Wildman–Crippen MR) is 92.9 cm³/mol. The average molecular weight is 340 g/mol. The van der Waals surface area contributed by atoms with Crippen LogP contribution in [0.5, 0.6) is 5.75 Å². The minimum Gasteiger partial charge on any atom is -0.490 e. The maximum atomic E-state index is 12.3. The Kier molecular flexibility index (Phi) is 5.28. The summed E-state index contributed by atoms with van der Waals surface area (Å²) in [5.41, 5.74) is 1.15. The van der Waals surface area contributed by atoms with Crippen molar-refractivity contribution in [1.82, 2.24) is 4.98 Å². The summed E-state index contributed by atoms with van der Waals surface area (Å²) in [5.74, 6) is -0.0932. The first kappa shape index (κ1) is 17.0. The Morgan fingerprint density at radius 2 is 1.96 bits per heavy atom. The summed E-state index contributed by atoms with van der Waals surface area (Å²) in [6.07, 6.45) is 6.14. The van der Waals surface area contributed by atoms with Crippen molar-refractivity contribution in [1.29, 1.82) is 0 Å². The molecule has 0 spiro atoms. The molecule has 1 aromatic carbocycles. The minimum absolute atomic E-state index is 0.217. The summed E-state index contributed by atoms with van der Waals surface area (Å²) < 4.78 is 10.5. The van der Waals surface area contributed by atoms with E-state index in [4.69, 9.17) is 4.74 Å². The van der Waals surface area contributed by atoms with Crippen molar-refractivity contribution in [3.63, 3.8) is 0 Å². The molecule has 3 rings (SSSR count). The molecule has 6 nitrogen and oxygen atoms in total. The highest BCUT2D eigenvalue weighted by Crippen LogP contribution is 2.25. The van der Waals surface area contributed by atoms with E-state index in [1.165, 1.54) is 38.3 Å². The predicted octanol–water partition coefficient (Wildman–Crippen LogP) is 3.44. The van der Waals surface area contributed by atoms with Gasteiger partial charge in [-0.1, -0.05) is 6.07 Å². The number of amides is 1. The van der Waals surface area contributed by atoms with Crippen LogP contribution in [0, 0.1) is 0 Å². The van der Waals surface area contributed by atoms with E-state index in [0.29, 0.717) is 11.3 Å². The number of hydrogen-bond acceptors (Lipinski definition) is 5. The number of rotatable bonds is 5. The third kappa shape index (κ3) is 4.35. The van der Waals surface area contributed by atoms with Crippen LogP contribution in [0.2, 0.25) is 0 Å². The highest BCUT2D eigenvalue weighted by Gasteiger charge is 2.17. The number of nitrogens with one attached hydrogen (secondary N) is 1. The van der Waals surface area contributed by atoms with Crippen LogP contribution in [0.3, 0.4) is 0 Å². The summed E-state index contributed by atoms with van der Waals surface area (Å²) in [5, 5.41) is 2.79. The Labute approximate surface area is 146 Å². The van der Waals surface area contributed by atoms with Gasteiger partial charge in [-0.15, -0.1) is 0 Å². The minimum atomic E-state index is -0.490. The van der Waals surface area contributed by atoms with E-state index in [2.05, 4.69) is 15.0 Å². The first-order chi connectivity index (χ1) is 12.2. The second-order valence-electron chi connectivity index (χ2n) is 5.93. The molecule has 0 bridgehead atoms. The first-order valence-corrected chi connectivity index (χ1v) is 8.28. The summed E-state index contributed by atoms with van der Waals surface area (Å²) in [7, 11) is 1.30. The van der Waals surface area contributed by atoms with Crippen LogP contribution in [-0.2, 0) is 4.74 Å². The SMILES string of the molecule is COC(=O)c1ccc(C(=O)Nc2cccc(OC3CCCC3)c2)nc1. The third-order valence-electron chi connectivity index (χ3n) is 4.11. The van der Waals surface area contributed by atoms with Gasteiger partial charge in [-0.3, -0.25) is 9.78 Å². The number of nitrogens with zero attached hydrogens (tertiary/aromatic N) is 1. The summed E-state index contributed by atoms with van der Waals surface area (Å²) in [4.78, 5) is 27.7. The molecule has 2 aromatic rings. The molecule has 1 amide bonds. The maximum absolute atomic E-state index is 12.3. The molecule has 0 radical (unpaired) electrons. The number of carbonyl (C=O) groups excluding carboxylic acids is 2. The molecule has 1 saturated carbocycles. The van der Waals surface area contributed by atoms with Crippen molar-refractivity contribution in [2.24, 2.45) is 0 Å². The number of aromatic nitrogens is 1. The molecule has 0 aliphatic heterocycles. The van der Waals surface area contributed by atoms with Crippen LogP contribution < -0.4 is 10.1 Å². The van der Waals surface area contributed by atoms with Gasteiger partial charge in [0, 0.05) is 18.0 Å². The van der Waals surface area contributed by atoms with Gasteiger partial charge in [-0.05, 0) is 49.9 Å². The fourth-order valence-electron chi connectivity index (χ4n) is 2.81. The first-order valence-electron chi connectivity index (χ1n) is 8.28. The molecule has 1 aromatic heterocycles. The molecule has 130 valence electrons. The molecule has 1 N–H and O–H groups in total. The second kappa shape index (κ2) is 7.79. The molecule has 1 aliphatic rings. The third-order valence-corrected chi connectivity index (χ3v) is 4.11. The van der Waals surface area contributed by atoms with E-state index in [1.54, 1.807) is 12.1 Å². The Morgan fingerprint density at radius 1 is 1.16 bits per heavy atom. The molecular formula is C19H20N2O4. The molecule has 0 unspecified atom stereocenters. The number of benzene rings is 1. The fraction of sp³-hybridized carbons (Fsp3) is 0.316. The summed E-state index contributed by atoms with van der Waals surface area (Å²) >= 11 is 0. The average Bonchev–Trinajstić information content (AvgIpc) is 3.14. The quantitative estimate of drug-likeness (QED) is 0.844. The van der Waals surface area contributed by atoms with Gasteiger partial charge in [0.2, 0.25) is 0 Å². The number of anilines is 1. The molecule has 0 atom stereocenters. The van der Waals surface area contributed by atoms with Crippen molar-refractivity contribution >= 4 is 17.6 Å². The Hall–Kier alpha value is -2.89. The van der Waals surface area contributed by atoms with E-state index in [0.717, 1.165) is 18.6 Å². The highest BCUT2D eigenvalue weighted by atomic mass is 16.5. The summed E-state index contributed by atoms with van der Waals surface area (Å²) in [6.45, 7) is 0. The van der Waals surface area contributed by atoms with E-state index in [9.17, 15) is 9.59 Å². The van der Waals surface area contributed by atoms with E-state index in [1.807, 2.05) is 12.1 Å².